The van der Waals surface area contributed by atoms with Crippen molar-refractivity contribution in [1.82, 2.24) is 0 Å². The Morgan fingerprint density at radius 1 is 1.43 bits per heavy atom. The molecule has 0 radical (unpaired) electrons. The first-order valence-corrected chi connectivity index (χ1v) is 6.05. The van der Waals surface area contributed by atoms with Crippen LogP contribution in [0.25, 0.3) is 0 Å². The normalized spacial score (nSPS) is 15.6. The third-order valence-electron chi connectivity index (χ3n) is 2.75. The molecule has 1 N–H and O–H groups in total. The van der Waals surface area contributed by atoms with Gasteiger partial charge in [-0.1, -0.05) is 34.8 Å². The van der Waals surface area contributed by atoms with Gasteiger partial charge in [0.2, 0.25) is 0 Å². The van der Waals surface area contributed by atoms with Gasteiger partial charge in [0.05, 0.1) is 0 Å². The van der Waals surface area contributed by atoms with E-state index in [4.69, 9.17) is 0 Å². The molecule has 0 heterocycles. The van der Waals surface area contributed by atoms with Crippen molar-refractivity contribution in [1.29, 1.82) is 0 Å². The summed E-state index contributed by atoms with van der Waals surface area (Å²) in [6.07, 6.45) is 4.21. The van der Waals surface area contributed by atoms with Crippen molar-refractivity contribution >= 4 is 21.6 Å². The molecule has 0 saturated heterocycles. The average Bonchev–Trinajstić information content (AvgIpc) is 2.95. The van der Waals surface area contributed by atoms with Crippen LogP contribution in [0.4, 0.5) is 5.69 Å². The van der Waals surface area contributed by atoms with Gasteiger partial charge in [-0.05, 0) is 37.0 Å². The highest BCUT2D eigenvalue weighted by Gasteiger charge is 2.19. The summed E-state index contributed by atoms with van der Waals surface area (Å²) in [6.45, 7) is 3.22. The van der Waals surface area contributed by atoms with E-state index in [0.29, 0.717) is 0 Å². The van der Waals surface area contributed by atoms with Gasteiger partial charge in [-0.25, -0.2) is 0 Å². The lowest BCUT2D eigenvalue weighted by Gasteiger charge is -2.07. The van der Waals surface area contributed by atoms with E-state index >= 15 is 0 Å². The van der Waals surface area contributed by atoms with E-state index in [0.717, 1.165) is 12.5 Å². The molecule has 1 saturated carbocycles. The van der Waals surface area contributed by atoms with Gasteiger partial charge in [0.15, 0.2) is 0 Å². The molecule has 2 rings (SSSR count). The Labute approximate surface area is 94.0 Å². The van der Waals surface area contributed by atoms with Crippen molar-refractivity contribution in [3.05, 3.63) is 28.2 Å². The van der Waals surface area contributed by atoms with Crippen LogP contribution in [0.15, 0.2) is 22.7 Å². The average molecular weight is 254 g/mol. The summed E-state index contributed by atoms with van der Waals surface area (Å²) in [5, 5.41) is 3.45. The fraction of sp³-hybridized carbons (Fsp3) is 0.500. The lowest BCUT2D eigenvalue weighted by molar-refractivity contribution is 0.760. The van der Waals surface area contributed by atoms with E-state index in [2.05, 4.69) is 46.4 Å². The van der Waals surface area contributed by atoms with Gasteiger partial charge in [-0.15, -0.1) is 0 Å². The van der Waals surface area contributed by atoms with Gasteiger partial charge in [0.1, 0.15) is 0 Å². The summed E-state index contributed by atoms with van der Waals surface area (Å²) >= 11 is 3.54. The number of anilines is 1. The van der Waals surface area contributed by atoms with Crippen molar-refractivity contribution in [3.63, 3.8) is 0 Å². The summed E-state index contributed by atoms with van der Waals surface area (Å²) in [7, 11) is 0. The lowest BCUT2D eigenvalue weighted by Crippen LogP contribution is -2.02. The molecule has 1 fully saturated rings. The van der Waals surface area contributed by atoms with Crippen LogP contribution in [0.2, 0.25) is 0 Å². The van der Waals surface area contributed by atoms with Crippen LogP contribution in [-0.2, 0) is 0 Å². The number of aryl methyl sites for hydroxylation is 1. The summed E-state index contributed by atoms with van der Waals surface area (Å²) in [5.74, 6) is 1.01. The van der Waals surface area contributed by atoms with Gasteiger partial charge in [0.25, 0.3) is 0 Å². The van der Waals surface area contributed by atoms with Crippen molar-refractivity contribution in [2.45, 2.75) is 26.2 Å². The zero-order valence-electron chi connectivity index (χ0n) is 8.52. The molecule has 1 aliphatic rings. The number of hydrogen-bond donors (Lipinski definition) is 1. The first kappa shape index (κ1) is 10.0. The summed E-state index contributed by atoms with van der Waals surface area (Å²) in [4.78, 5) is 0. The van der Waals surface area contributed by atoms with Crippen LogP contribution in [0.1, 0.15) is 24.8 Å². The maximum Gasteiger partial charge on any atom is 0.0351 e. The molecule has 0 aromatic heterocycles. The molecule has 14 heavy (non-hydrogen) atoms. The summed E-state index contributed by atoms with van der Waals surface area (Å²) in [5.41, 5.74) is 2.51. The van der Waals surface area contributed by atoms with E-state index in [1.807, 2.05) is 0 Å². The molecular formula is C12H16BrN. The molecule has 0 aliphatic heterocycles. The minimum atomic E-state index is 1.01. The second kappa shape index (κ2) is 4.35. The zero-order valence-corrected chi connectivity index (χ0v) is 10.1. The van der Waals surface area contributed by atoms with Crippen LogP contribution < -0.4 is 5.32 Å². The van der Waals surface area contributed by atoms with Crippen LogP contribution >= 0.6 is 15.9 Å². The predicted octanol–water partition coefficient (Wildman–Crippen LogP) is 3.97. The SMILES string of the molecule is Cc1ccc(NCCC2CC2)cc1Br. The second-order valence-corrected chi connectivity index (χ2v) is 4.98. The lowest BCUT2D eigenvalue weighted by atomic mass is 10.2. The summed E-state index contributed by atoms with van der Waals surface area (Å²) < 4.78 is 1.19. The molecule has 1 aliphatic carbocycles. The molecule has 1 aromatic rings. The van der Waals surface area contributed by atoms with Crippen LogP contribution in [-0.4, -0.2) is 6.54 Å². The van der Waals surface area contributed by atoms with Gasteiger partial charge < -0.3 is 5.32 Å². The predicted molar refractivity (Wildman–Crippen MR) is 64.7 cm³/mol. The molecule has 0 spiro atoms. The van der Waals surface area contributed by atoms with E-state index in [1.165, 1.54) is 35.0 Å². The number of benzene rings is 1. The topological polar surface area (TPSA) is 12.0 Å². The molecule has 0 atom stereocenters. The number of nitrogens with one attached hydrogen (secondary N) is 1. The minimum absolute atomic E-state index is 1.01. The molecule has 2 heteroatoms. The monoisotopic (exact) mass is 253 g/mol. The third kappa shape index (κ3) is 2.74. The fourth-order valence-corrected chi connectivity index (χ4v) is 1.91. The van der Waals surface area contributed by atoms with Crippen LogP contribution in [0.3, 0.4) is 0 Å². The first-order valence-electron chi connectivity index (χ1n) is 5.26. The standard InChI is InChI=1S/C12H16BrN/c1-9-2-5-11(8-12(9)13)14-7-6-10-3-4-10/h2,5,8,10,14H,3-4,6-7H2,1H3. The van der Waals surface area contributed by atoms with Gasteiger partial charge >= 0.3 is 0 Å². The van der Waals surface area contributed by atoms with Crippen LogP contribution in [0, 0.1) is 12.8 Å². The maximum atomic E-state index is 3.54. The molecule has 0 unspecified atom stereocenters. The minimum Gasteiger partial charge on any atom is -0.385 e. The summed E-state index contributed by atoms with van der Waals surface area (Å²) in [6, 6.07) is 6.44. The molecule has 1 nitrogen and oxygen atoms in total. The fourth-order valence-electron chi connectivity index (χ4n) is 1.53. The van der Waals surface area contributed by atoms with E-state index in [9.17, 15) is 0 Å². The van der Waals surface area contributed by atoms with Crippen molar-refractivity contribution < 1.29 is 0 Å². The Morgan fingerprint density at radius 3 is 2.86 bits per heavy atom. The Morgan fingerprint density at radius 2 is 2.21 bits per heavy atom. The first-order chi connectivity index (χ1) is 6.75. The van der Waals surface area contributed by atoms with E-state index < -0.39 is 0 Å². The third-order valence-corrected chi connectivity index (χ3v) is 3.60. The number of rotatable bonds is 4. The van der Waals surface area contributed by atoms with Gasteiger partial charge in [0, 0.05) is 16.7 Å². The van der Waals surface area contributed by atoms with E-state index in [1.54, 1.807) is 0 Å². The molecule has 0 amide bonds. The Kier molecular flexibility index (Phi) is 3.12. The van der Waals surface area contributed by atoms with Crippen molar-refractivity contribution in [3.8, 4) is 0 Å². The maximum absolute atomic E-state index is 3.54. The zero-order chi connectivity index (χ0) is 9.97. The Balaban J connectivity index is 1.85. The molecular weight excluding hydrogens is 238 g/mol. The smallest absolute Gasteiger partial charge is 0.0351 e. The highest BCUT2D eigenvalue weighted by atomic mass is 79.9. The quantitative estimate of drug-likeness (QED) is 0.857. The van der Waals surface area contributed by atoms with Gasteiger partial charge in [-0.2, -0.15) is 0 Å². The van der Waals surface area contributed by atoms with Crippen LogP contribution in [0.5, 0.6) is 0 Å². The Hall–Kier alpha value is -0.500. The second-order valence-electron chi connectivity index (χ2n) is 4.12. The van der Waals surface area contributed by atoms with Crippen molar-refractivity contribution in [2.24, 2.45) is 5.92 Å². The van der Waals surface area contributed by atoms with Crippen molar-refractivity contribution in [2.75, 3.05) is 11.9 Å². The highest BCUT2D eigenvalue weighted by molar-refractivity contribution is 9.10. The number of halogens is 1. The van der Waals surface area contributed by atoms with E-state index in [-0.39, 0.29) is 0 Å². The highest BCUT2D eigenvalue weighted by Crippen LogP contribution is 2.32. The van der Waals surface area contributed by atoms with Gasteiger partial charge in [-0.3, -0.25) is 0 Å². The largest absolute Gasteiger partial charge is 0.385 e. The Bertz CT molecular complexity index is 318. The number of hydrogen-bond acceptors (Lipinski definition) is 1. The molecule has 76 valence electrons. The molecule has 1 aromatic carbocycles. The molecule has 0 bridgehead atoms.